The molecule has 0 radical (unpaired) electrons. The number of alkyl halides is 3. The lowest BCUT2D eigenvalue weighted by Gasteiger charge is -2.34. The van der Waals surface area contributed by atoms with Gasteiger partial charge in [-0.3, -0.25) is 9.79 Å². The Hall–Kier alpha value is -3.57. The van der Waals surface area contributed by atoms with E-state index >= 15 is 0 Å². The molecule has 12 nitrogen and oxygen atoms in total. The van der Waals surface area contributed by atoms with E-state index in [0.29, 0.717) is 37.5 Å². The summed E-state index contributed by atoms with van der Waals surface area (Å²) in [7, 11) is -1.92. The molecular weight excluding hydrogens is 645 g/mol. The van der Waals surface area contributed by atoms with E-state index in [0.717, 1.165) is 12.1 Å². The monoisotopic (exact) mass is 684 g/mol. The fourth-order valence-corrected chi connectivity index (χ4v) is 6.78. The van der Waals surface area contributed by atoms with Crippen molar-refractivity contribution in [3.63, 3.8) is 0 Å². The van der Waals surface area contributed by atoms with Crippen LogP contribution in [-0.2, 0) is 36.9 Å². The number of aryl methyl sites for hydroxylation is 2. The highest BCUT2D eigenvalue weighted by atomic mass is 32.2. The second kappa shape index (κ2) is 15.6. The fourth-order valence-electron chi connectivity index (χ4n) is 5.30. The topological polar surface area (TPSA) is 156 Å². The zero-order valence-corrected chi connectivity index (χ0v) is 27.0. The number of carbonyl (C=O) groups is 2. The number of likely N-dealkylation sites (N-methyl/N-ethyl adjacent to an activating group) is 1. The normalized spacial score (nSPS) is 16.7. The van der Waals surface area contributed by atoms with Gasteiger partial charge in [-0.1, -0.05) is 6.07 Å². The molecule has 16 heteroatoms. The second-order valence-electron chi connectivity index (χ2n) is 11.3. The highest BCUT2D eigenvalue weighted by Gasteiger charge is 2.47. The number of carboxylic acids is 1. The summed E-state index contributed by atoms with van der Waals surface area (Å²) >= 11 is 0. The van der Waals surface area contributed by atoms with E-state index in [1.54, 1.807) is 20.0 Å². The van der Waals surface area contributed by atoms with Gasteiger partial charge < -0.3 is 30.0 Å². The zero-order chi connectivity index (χ0) is 34.2. The van der Waals surface area contributed by atoms with E-state index in [1.807, 2.05) is 0 Å². The van der Waals surface area contributed by atoms with Crippen LogP contribution in [0.25, 0.3) is 0 Å². The number of ether oxygens (including phenoxy) is 3. The minimum absolute atomic E-state index is 0.000945. The zero-order valence-electron chi connectivity index (χ0n) is 26.2. The number of benzene rings is 2. The second-order valence-corrected chi connectivity index (χ2v) is 13.4. The Kier molecular flexibility index (Phi) is 12.0. The van der Waals surface area contributed by atoms with Crippen LogP contribution in [0.2, 0.25) is 0 Å². The van der Waals surface area contributed by atoms with E-state index < -0.39 is 39.2 Å². The third-order valence-electron chi connectivity index (χ3n) is 8.01. The largest absolute Gasteiger partial charge is 0.491 e. The molecule has 0 atom stereocenters. The highest BCUT2D eigenvalue weighted by molar-refractivity contribution is 7.89. The molecule has 258 valence electrons. The maximum Gasteiger partial charge on any atom is 0.416 e. The molecule has 1 amide bonds. The SMILES string of the molecule is CNCCOCCOCCOc1cc(C2=NC3(CCN(S(=O)(=O)CCc4ccc(C(=O)O)cc4C)CC3)C(=O)N2)cc(C(F)(F)F)c1. The molecule has 2 aromatic rings. The molecule has 2 aliphatic heterocycles. The summed E-state index contributed by atoms with van der Waals surface area (Å²) in [6.45, 7) is 3.71. The van der Waals surface area contributed by atoms with Crippen LogP contribution in [0.4, 0.5) is 13.2 Å². The fraction of sp³-hybridized carbons (Fsp3) is 0.516. The molecule has 4 rings (SSSR count). The summed E-state index contributed by atoms with van der Waals surface area (Å²) < 4.78 is 85.1. The van der Waals surface area contributed by atoms with Crippen LogP contribution < -0.4 is 15.4 Å². The van der Waals surface area contributed by atoms with Crippen molar-refractivity contribution in [2.24, 2.45) is 4.99 Å². The smallest absolute Gasteiger partial charge is 0.416 e. The lowest BCUT2D eigenvalue weighted by atomic mass is 9.89. The van der Waals surface area contributed by atoms with Crippen LogP contribution >= 0.6 is 0 Å². The van der Waals surface area contributed by atoms with Crippen LogP contribution in [-0.4, -0.2) is 107 Å². The maximum absolute atomic E-state index is 13.8. The maximum atomic E-state index is 13.8. The number of carboxylic acid groups (broad SMARTS) is 1. The van der Waals surface area contributed by atoms with Crippen molar-refractivity contribution >= 4 is 27.7 Å². The number of aliphatic imine (C=N–C) groups is 1. The lowest BCUT2D eigenvalue weighted by Crippen LogP contribution is -2.50. The number of amidine groups is 1. The van der Waals surface area contributed by atoms with Crippen LogP contribution in [0.3, 0.4) is 0 Å². The number of sulfonamides is 1. The van der Waals surface area contributed by atoms with Gasteiger partial charge in [0.2, 0.25) is 10.0 Å². The Morgan fingerprint density at radius 1 is 1.06 bits per heavy atom. The number of hydrogen-bond donors (Lipinski definition) is 3. The molecule has 0 unspecified atom stereocenters. The number of nitrogens with one attached hydrogen (secondary N) is 2. The number of nitrogens with zero attached hydrogens (tertiary/aromatic N) is 2. The van der Waals surface area contributed by atoms with Gasteiger partial charge in [0.15, 0.2) is 0 Å². The number of hydrogen-bond acceptors (Lipinski definition) is 9. The summed E-state index contributed by atoms with van der Waals surface area (Å²) in [6.07, 6.45) is -4.42. The summed E-state index contributed by atoms with van der Waals surface area (Å²) in [5.74, 6) is -1.91. The average molecular weight is 685 g/mol. The number of carbonyl (C=O) groups excluding carboxylic acids is 1. The molecule has 47 heavy (non-hydrogen) atoms. The van der Waals surface area contributed by atoms with Crippen molar-refractivity contribution in [2.75, 3.05) is 65.5 Å². The van der Waals surface area contributed by atoms with Crippen LogP contribution in [0.1, 0.15) is 45.5 Å². The third kappa shape index (κ3) is 9.50. The minimum Gasteiger partial charge on any atom is -0.491 e. The molecule has 0 bridgehead atoms. The summed E-state index contributed by atoms with van der Waals surface area (Å²) in [6, 6.07) is 7.62. The van der Waals surface area contributed by atoms with Gasteiger partial charge in [0.25, 0.3) is 5.91 Å². The first-order chi connectivity index (χ1) is 22.2. The van der Waals surface area contributed by atoms with Gasteiger partial charge in [-0.2, -0.15) is 13.2 Å². The molecular formula is C31H39F3N4O8S. The molecule has 2 aromatic carbocycles. The molecule has 1 saturated heterocycles. The van der Waals surface area contributed by atoms with E-state index in [-0.39, 0.29) is 74.0 Å². The molecule has 0 saturated carbocycles. The van der Waals surface area contributed by atoms with Crippen LogP contribution in [0.5, 0.6) is 5.75 Å². The average Bonchev–Trinajstić information content (AvgIpc) is 3.34. The molecule has 0 aliphatic carbocycles. The Labute approximate surface area is 271 Å². The van der Waals surface area contributed by atoms with Gasteiger partial charge in [0, 0.05) is 25.2 Å². The summed E-state index contributed by atoms with van der Waals surface area (Å²) in [5.41, 5.74) is -0.794. The molecule has 2 aliphatic rings. The van der Waals surface area contributed by atoms with E-state index in [4.69, 9.17) is 19.3 Å². The van der Waals surface area contributed by atoms with Gasteiger partial charge in [-0.05, 0) is 74.7 Å². The van der Waals surface area contributed by atoms with Crippen molar-refractivity contribution in [2.45, 2.75) is 37.9 Å². The Bertz CT molecular complexity index is 1570. The van der Waals surface area contributed by atoms with E-state index in [1.165, 1.54) is 22.5 Å². The number of halogens is 3. The first-order valence-corrected chi connectivity index (χ1v) is 16.7. The number of amides is 1. The molecule has 0 aromatic heterocycles. The quantitative estimate of drug-likeness (QED) is 0.226. The lowest BCUT2D eigenvalue weighted by molar-refractivity contribution is -0.137. The van der Waals surface area contributed by atoms with Crippen LogP contribution in [0.15, 0.2) is 41.4 Å². The van der Waals surface area contributed by atoms with Gasteiger partial charge in [-0.25, -0.2) is 17.5 Å². The Morgan fingerprint density at radius 2 is 1.74 bits per heavy atom. The standard InChI is InChI=1S/C31H39F3N4O8S/c1-21-17-23(28(39)40)4-3-22(21)5-16-47(42,43)38-9-6-30(7-10-38)29(41)36-27(37-30)24-18-25(31(32,33)34)20-26(19-24)46-15-14-45-13-12-44-11-8-35-2/h3-4,17-20,35H,5-16H2,1-2H3,(H,39,40)(H,36,37,41). The van der Waals surface area contributed by atoms with Gasteiger partial charge in [-0.15, -0.1) is 0 Å². The van der Waals surface area contributed by atoms with Crippen molar-refractivity contribution in [1.82, 2.24) is 14.9 Å². The Morgan fingerprint density at radius 3 is 2.38 bits per heavy atom. The van der Waals surface area contributed by atoms with Gasteiger partial charge >= 0.3 is 12.1 Å². The number of piperidine rings is 1. The Balaban J connectivity index is 1.38. The number of rotatable bonds is 16. The highest BCUT2D eigenvalue weighted by Crippen LogP contribution is 2.36. The first kappa shape index (κ1) is 36.3. The van der Waals surface area contributed by atoms with Crippen molar-refractivity contribution in [3.8, 4) is 5.75 Å². The molecule has 1 fully saturated rings. The minimum atomic E-state index is -4.69. The predicted octanol–water partition coefficient (Wildman–Crippen LogP) is 2.63. The van der Waals surface area contributed by atoms with Crippen molar-refractivity contribution in [1.29, 1.82) is 0 Å². The van der Waals surface area contributed by atoms with Gasteiger partial charge in [0.1, 0.15) is 23.7 Å². The third-order valence-corrected chi connectivity index (χ3v) is 9.89. The van der Waals surface area contributed by atoms with Crippen molar-refractivity contribution < 1.29 is 50.5 Å². The molecule has 2 heterocycles. The van der Waals surface area contributed by atoms with E-state index in [2.05, 4.69) is 15.6 Å². The summed E-state index contributed by atoms with van der Waals surface area (Å²) in [5, 5.41) is 14.7. The van der Waals surface area contributed by atoms with Crippen LogP contribution in [0, 0.1) is 6.92 Å². The number of aromatic carboxylic acids is 1. The first-order valence-electron chi connectivity index (χ1n) is 15.1. The molecule has 1 spiro atoms. The summed E-state index contributed by atoms with van der Waals surface area (Å²) in [4.78, 5) is 28.8. The van der Waals surface area contributed by atoms with Gasteiger partial charge in [0.05, 0.1) is 43.3 Å². The molecule has 3 N–H and O–H groups in total. The predicted molar refractivity (Wildman–Crippen MR) is 166 cm³/mol. The van der Waals surface area contributed by atoms with E-state index in [9.17, 15) is 31.2 Å². The van der Waals surface area contributed by atoms with Crippen molar-refractivity contribution in [3.05, 3.63) is 64.2 Å².